The van der Waals surface area contributed by atoms with Gasteiger partial charge in [-0.05, 0) is 62.1 Å². The number of sulfonamides is 1. The highest BCUT2D eigenvalue weighted by atomic mass is 35.5. The van der Waals surface area contributed by atoms with Gasteiger partial charge < -0.3 is 9.88 Å². The second-order valence-corrected chi connectivity index (χ2v) is 10.7. The van der Waals surface area contributed by atoms with E-state index in [0.717, 1.165) is 42.7 Å². The molecule has 1 amide bonds. The van der Waals surface area contributed by atoms with E-state index in [0.29, 0.717) is 35.7 Å². The van der Waals surface area contributed by atoms with E-state index in [9.17, 15) is 13.2 Å². The minimum Gasteiger partial charge on any atom is -0.328 e. The molecule has 33 heavy (non-hydrogen) atoms. The number of nitrogens with zero attached hydrogens (tertiary/aromatic N) is 3. The van der Waals surface area contributed by atoms with Crippen LogP contribution in [0.2, 0.25) is 5.02 Å². The highest BCUT2D eigenvalue weighted by Crippen LogP contribution is 2.26. The van der Waals surface area contributed by atoms with Crippen molar-refractivity contribution < 1.29 is 13.2 Å². The third-order valence-corrected chi connectivity index (χ3v) is 8.37. The van der Waals surface area contributed by atoms with Gasteiger partial charge in [-0.3, -0.25) is 4.79 Å². The highest BCUT2D eigenvalue weighted by Gasteiger charge is 2.28. The van der Waals surface area contributed by atoms with Crippen LogP contribution in [-0.2, 0) is 27.8 Å². The van der Waals surface area contributed by atoms with E-state index in [1.165, 1.54) is 0 Å². The summed E-state index contributed by atoms with van der Waals surface area (Å²) in [7, 11) is -3.50. The van der Waals surface area contributed by atoms with Crippen LogP contribution in [0, 0.1) is 6.92 Å². The van der Waals surface area contributed by atoms with Crippen LogP contribution >= 0.6 is 11.6 Å². The predicted molar refractivity (Wildman–Crippen MR) is 131 cm³/mol. The first kappa shape index (κ1) is 23.7. The zero-order valence-corrected chi connectivity index (χ0v) is 20.5. The molecule has 3 aromatic rings. The predicted octanol–water partition coefficient (Wildman–Crippen LogP) is 4.76. The Morgan fingerprint density at radius 2 is 1.94 bits per heavy atom. The number of hydrogen-bond donors (Lipinski definition) is 1. The Hall–Kier alpha value is -2.42. The molecule has 176 valence electrons. The lowest BCUT2D eigenvalue weighted by Crippen LogP contribution is -2.27. The Morgan fingerprint density at radius 1 is 1.18 bits per heavy atom. The molecule has 0 aliphatic carbocycles. The monoisotopic (exact) mass is 488 g/mol. The molecule has 9 heteroatoms. The number of fused-ring (bicyclic) bond motifs is 1. The Kier molecular flexibility index (Phi) is 7.07. The topological polar surface area (TPSA) is 84.3 Å². The van der Waals surface area contributed by atoms with Gasteiger partial charge in [0.2, 0.25) is 15.9 Å². The van der Waals surface area contributed by atoms with E-state index in [2.05, 4.69) is 16.8 Å². The van der Waals surface area contributed by atoms with Crippen molar-refractivity contribution in [2.24, 2.45) is 0 Å². The summed E-state index contributed by atoms with van der Waals surface area (Å²) in [5.41, 5.74) is 3.06. The van der Waals surface area contributed by atoms with Crippen molar-refractivity contribution in [1.29, 1.82) is 0 Å². The lowest BCUT2D eigenvalue weighted by molar-refractivity contribution is -0.116. The van der Waals surface area contributed by atoms with Crippen LogP contribution in [-0.4, -0.2) is 41.3 Å². The number of aromatic nitrogens is 2. The van der Waals surface area contributed by atoms with Gasteiger partial charge in [0.15, 0.2) is 0 Å². The fourth-order valence-electron chi connectivity index (χ4n) is 4.24. The number of carbonyl (C=O) groups excluding carboxylic acids is 1. The van der Waals surface area contributed by atoms with Crippen LogP contribution in [0.1, 0.15) is 44.0 Å². The third kappa shape index (κ3) is 4.93. The SMILES string of the molecule is CCCn1c(CCC(=O)Nc2cccc(Cl)c2C)nc2cc(S(=O)(=O)N3CCCC3)ccc21. The van der Waals surface area contributed by atoms with E-state index in [4.69, 9.17) is 16.6 Å². The van der Waals surface area contributed by atoms with Gasteiger partial charge in [-0.1, -0.05) is 24.6 Å². The minimum absolute atomic E-state index is 0.118. The molecule has 1 N–H and O–H groups in total. The molecule has 0 spiro atoms. The van der Waals surface area contributed by atoms with Crippen molar-refractivity contribution in [1.82, 2.24) is 13.9 Å². The quantitative estimate of drug-likeness (QED) is 0.495. The number of carbonyl (C=O) groups is 1. The molecule has 2 heterocycles. The second kappa shape index (κ2) is 9.83. The van der Waals surface area contributed by atoms with Gasteiger partial charge in [0.25, 0.3) is 0 Å². The van der Waals surface area contributed by atoms with Crippen molar-refractivity contribution in [3.8, 4) is 0 Å². The number of benzene rings is 2. The Labute approximate surface area is 199 Å². The first-order valence-electron chi connectivity index (χ1n) is 11.4. The van der Waals surface area contributed by atoms with Crippen LogP contribution in [0.25, 0.3) is 11.0 Å². The van der Waals surface area contributed by atoms with Gasteiger partial charge in [-0.2, -0.15) is 4.31 Å². The first-order chi connectivity index (χ1) is 15.8. The minimum atomic E-state index is -3.50. The average Bonchev–Trinajstić information content (AvgIpc) is 3.45. The van der Waals surface area contributed by atoms with Gasteiger partial charge in [-0.15, -0.1) is 0 Å². The van der Waals surface area contributed by atoms with Gasteiger partial charge >= 0.3 is 0 Å². The number of rotatable bonds is 8. The van der Waals surface area contributed by atoms with Gasteiger partial charge in [0, 0.05) is 43.2 Å². The number of aryl methyl sites for hydroxylation is 2. The van der Waals surface area contributed by atoms with Crippen molar-refractivity contribution >= 4 is 44.3 Å². The molecule has 0 radical (unpaired) electrons. The van der Waals surface area contributed by atoms with Gasteiger partial charge in [0.1, 0.15) is 5.82 Å². The van der Waals surface area contributed by atoms with Crippen molar-refractivity contribution in [3.05, 3.63) is 52.8 Å². The molecular weight excluding hydrogens is 460 g/mol. The average molecular weight is 489 g/mol. The Balaban J connectivity index is 1.55. The zero-order valence-electron chi connectivity index (χ0n) is 19.0. The van der Waals surface area contributed by atoms with Gasteiger partial charge in [0.05, 0.1) is 15.9 Å². The van der Waals surface area contributed by atoms with E-state index in [1.807, 2.05) is 19.1 Å². The molecular formula is C24H29ClN4O3S. The maximum absolute atomic E-state index is 13.0. The molecule has 1 fully saturated rings. The summed E-state index contributed by atoms with van der Waals surface area (Å²) in [4.78, 5) is 17.6. The van der Waals surface area contributed by atoms with Crippen LogP contribution in [0.15, 0.2) is 41.3 Å². The lowest BCUT2D eigenvalue weighted by Gasteiger charge is -2.15. The number of halogens is 1. The van der Waals surface area contributed by atoms with Crippen LogP contribution in [0.4, 0.5) is 5.69 Å². The second-order valence-electron chi connectivity index (χ2n) is 8.40. The fourth-order valence-corrected chi connectivity index (χ4v) is 5.95. The number of anilines is 1. The molecule has 0 saturated carbocycles. The highest BCUT2D eigenvalue weighted by molar-refractivity contribution is 7.89. The molecule has 0 unspecified atom stereocenters. The Morgan fingerprint density at radius 3 is 2.67 bits per heavy atom. The van der Waals surface area contributed by atoms with Gasteiger partial charge in [-0.25, -0.2) is 13.4 Å². The van der Waals surface area contributed by atoms with Crippen molar-refractivity contribution in [3.63, 3.8) is 0 Å². The van der Waals surface area contributed by atoms with Crippen LogP contribution in [0.5, 0.6) is 0 Å². The largest absolute Gasteiger partial charge is 0.328 e. The summed E-state index contributed by atoms with van der Waals surface area (Å²) in [6.07, 6.45) is 3.41. The molecule has 4 rings (SSSR count). The van der Waals surface area contributed by atoms with E-state index >= 15 is 0 Å². The van der Waals surface area contributed by atoms with E-state index < -0.39 is 10.0 Å². The summed E-state index contributed by atoms with van der Waals surface area (Å²) >= 11 is 6.15. The molecule has 7 nitrogen and oxygen atoms in total. The van der Waals surface area contributed by atoms with E-state index in [1.54, 1.807) is 28.6 Å². The normalized spacial score (nSPS) is 14.8. The zero-order chi connectivity index (χ0) is 23.6. The molecule has 1 aliphatic heterocycles. The summed E-state index contributed by atoms with van der Waals surface area (Å²) < 4.78 is 29.6. The maximum Gasteiger partial charge on any atom is 0.243 e. The molecule has 0 atom stereocenters. The number of imidazole rings is 1. The summed E-state index contributed by atoms with van der Waals surface area (Å²) in [6, 6.07) is 10.6. The van der Waals surface area contributed by atoms with Crippen molar-refractivity contribution in [2.75, 3.05) is 18.4 Å². The smallest absolute Gasteiger partial charge is 0.243 e. The molecule has 1 saturated heterocycles. The third-order valence-electron chi connectivity index (χ3n) is 6.07. The molecule has 0 bridgehead atoms. The lowest BCUT2D eigenvalue weighted by atomic mass is 10.2. The Bertz CT molecular complexity index is 1280. The van der Waals surface area contributed by atoms with Crippen LogP contribution in [0.3, 0.4) is 0 Å². The molecule has 1 aromatic heterocycles. The van der Waals surface area contributed by atoms with Crippen molar-refractivity contribution in [2.45, 2.75) is 57.4 Å². The standard InChI is InChI=1S/C24H29ClN4O3S/c1-3-13-29-22-10-9-18(33(31,32)28-14-4-5-15-28)16-21(22)26-23(29)11-12-24(30)27-20-8-6-7-19(25)17(20)2/h6-10,16H,3-5,11-15H2,1-2H3,(H,27,30). The maximum atomic E-state index is 13.0. The van der Waals surface area contributed by atoms with E-state index in [-0.39, 0.29) is 17.2 Å². The number of hydrogen-bond acceptors (Lipinski definition) is 4. The summed E-state index contributed by atoms with van der Waals surface area (Å²) in [5.74, 6) is 0.660. The fraction of sp³-hybridized carbons (Fsp3) is 0.417. The molecule has 2 aromatic carbocycles. The number of amides is 1. The molecule has 1 aliphatic rings. The number of nitrogens with one attached hydrogen (secondary N) is 1. The summed E-state index contributed by atoms with van der Waals surface area (Å²) in [6.45, 7) is 5.83. The summed E-state index contributed by atoms with van der Waals surface area (Å²) in [5, 5.41) is 3.53. The van der Waals surface area contributed by atoms with Crippen LogP contribution < -0.4 is 5.32 Å². The first-order valence-corrected chi connectivity index (χ1v) is 13.2.